The molecule has 0 radical (unpaired) electrons. The molecule has 2 rings (SSSR count). The highest BCUT2D eigenvalue weighted by Crippen LogP contribution is 2.33. The van der Waals surface area contributed by atoms with Crippen molar-refractivity contribution in [2.75, 3.05) is 39.5 Å². The van der Waals surface area contributed by atoms with Gasteiger partial charge in [-0.1, -0.05) is 25.3 Å². The van der Waals surface area contributed by atoms with E-state index in [1.54, 1.807) is 19.9 Å². The van der Waals surface area contributed by atoms with Crippen LogP contribution in [-0.4, -0.2) is 74.0 Å². The summed E-state index contributed by atoms with van der Waals surface area (Å²) in [6.45, 7) is 10.9. The van der Waals surface area contributed by atoms with E-state index in [9.17, 15) is 9.59 Å². The molecule has 0 spiro atoms. The average molecular weight is 383 g/mol. The van der Waals surface area contributed by atoms with Crippen LogP contribution in [0.5, 0.6) is 0 Å². The fourth-order valence-electron chi connectivity index (χ4n) is 3.85. The fourth-order valence-corrected chi connectivity index (χ4v) is 3.85. The van der Waals surface area contributed by atoms with Gasteiger partial charge in [-0.3, -0.25) is 9.69 Å². The first kappa shape index (κ1) is 21.9. The SMILES string of the molecule is C=CCOC(C)C(=O)OC(C)C(=O)NCC1(N2CCOCC2)CCCCC1. The van der Waals surface area contributed by atoms with Gasteiger partial charge < -0.3 is 19.5 Å². The monoisotopic (exact) mass is 382 g/mol. The third-order valence-electron chi connectivity index (χ3n) is 5.52. The summed E-state index contributed by atoms with van der Waals surface area (Å²) in [6.07, 6.45) is 5.74. The van der Waals surface area contributed by atoms with Crippen molar-refractivity contribution >= 4 is 11.9 Å². The van der Waals surface area contributed by atoms with E-state index in [1.165, 1.54) is 19.3 Å². The van der Waals surface area contributed by atoms with Crippen LogP contribution in [0.25, 0.3) is 0 Å². The number of carbonyl (C=O) groups excluding carboxylic acids is 2. The normalized spacial score (nSPS) is 22.4. The number of hydrogen-bond acceptors (Lipinski definition) is 6. The van der Waals surface area contributed by atoms with Crippen molar-refractivity contribution in [3.05, 3.63) is 12.7 Å². The molecule has 1 saturated carbocycles. The molecular weight excluding hydrogens is 348 g/mol. The Morgan fingerprint density at radius 3 is 2.48 bits per heavy atom. The maximum Gasteiger partial charge on any atom is 0.335 e. The lowest BCUT2D eigenvalue weighted by atomic mass is 9.79. The molecule has 0 aromatic carbocycles. The van der Waals surface area contributed by atoms with Gasteiger partial charge in [-0.15, -0.1) is 6.58 Å². The number of ether oxygens (including phenoxy) is 3. The van der Waals surface area contributed by atoms with Gasteiger partial charge in [0, 0.05) is 25.2 Å². The molecule has 7 nitrogen and oxygen atoms in total. The van der Waals surface area contributed by atoms with Crippen LogP contribution in [0.2, 0.25) is 0 Å². The van der Waals surface area contributed by atoms with Crippen molar-refractivity contribution < 1.29 is 23.8 Å². The van der Waals surface area contributed by atoms with Gasteiger partial charge in [0.1, 0.15) is 0 Å². The number of carbonyl (C=O) groups is 2. The van der Waals surface area contributed by atoms with E-state index < -0.39 is 18.2 Å². The van der Waals surface area contributed by atoms with Crippen molar-refractivity contribution in [3.63, 3.8) is 0 Å². The van der Waals surface area contributed by atoms with Crippen LogP contribution < -0.4 is 5.32 Å². The maximum absolute atomic E-state index is 12.5. The summed E-state index contributed by atoms with van der Waals surface area (Å²) < 4.78 is 16.0. The van der Waals surface area contributed by atoms with Gasteiger partial charge in [-0.05, 0) is 26.7 Å². The second-order valence-corrected chi connectivity index (χ2v) is 7.45. The third-order valence-corrected chi connectivity index (χ3v) is 5.52. The molecule has 1 amide bonds. The zero-order valence-electron chi connectivity index (χ0n) is 16.7. The van der Waals surface area contributed by atoms with Crippen LogP contribution in [0.1, 0.15) is 46.0 Å². The van der Waals surface area contributed by atoms with E-state index >= 15 is 0 Å². The smallest absolute Gasteiger partial charge is 0.335 e. The highest BCUT2D eigenvalue weighted by Gasteiger charge is 2.39. The Balaban J connectivity index is 1.87. The molecule has 2 atom stereocenters. The topological polar surface area (TPSA) is 77.1 Å². The molecule has 1 N–H and O–H groups in total. The Labute approximate surface area is 162 Å². The van der Waals surface area contributed by atoms with Crippen LogP contribution in [0.15, 0.2) is 12.7 Å². The number of morpholine rings is 1. The van der Waals surface area contributed by atoms with Gasteiger partial charge in [-0.2, -0.15) is 0 Å². The Morgan fingerprint density at radius 2 is 1.85 bits per heavy atom. The first-order valence-electron chi connectivity index (χ1n) is 10.0. The number of nitrogens with zero attached hydrogens (tertiary/aromatic N) is 1. The Bertz CT molecular complexity index is 499. The predicted molar refractivity (Wildman–Crippen MR) is 102 cm³/mol. The first-order valence-corrected chi connectivity index (χ1v) is 10.0. The van der Waals surface area contributed by atoms with Crippen LogP contribution in [0.3, 0.4) is 0 Å². The summed E-state index contributed by atoms with van der Waals surface area (Å²) in [5, 5.41) is 3.02. The highest BCUT2D eigenvalue weighted by molar-refractivity contribution is 5.84. The van der Waals surface area contributed by atoms with Crippen molar-refractivity contribution in [1.82, 2.24) is 10.2 Å². The van der Waals surface area contributed by atoms with Crippen LogP contribution in [0.4, 0.5) is 0 Å². The fraction of sp³-hybridized carbons (Fsp3) is 0.800. The zero-order chi connectivity index (χ0) is 19.7. The zero-order valence-corrected chi connectivity index (χ0v) is 16.7. The standard InChI is InChI=1S/C20H34N2O5/c1-4-12-26-17(3)19(24)27-16(2)18(23)21-15-20(8-6-5-7-9-20)22-10-13-25-14-11-22/h4,16-17H,1,5-15H2,2-3H3,(H,21,23). The molecule has 7 heteroatoms. The summed E-state index contributed by atoms with van der Waals surface area (Å²) in [6, 6.07) is 0. The second kappa shape index (κ2) is 10.8. The Morgan fingerprint density at radius 1 is 1.19 bits per heavy atom. The van der Waals surface area contributed by atoms with E-state index in [0.717, 1.165) is 39.1 Å². The lowest BCUT2D eigenvalue weighted by Crippen LogP contribution is -2.60. The van der Waals surface area contributed by atoms with Gasteiger partial charge in [0.05, 0.1) is 19.8 Å². The molecule has 1 aliphatic heterocycles. The maximum atomic E-state index is 12.5. The van der Waals surface area contributed by atoms with E-state index in [0.29, 0.717) is 6.54 Å². The highest BCUT2D eigenvalue weighted by atomic mass is 16.6. The summed E-state index contributed by atoms with van der Waals surface area (Å²) in [7, 11) is 0. The Hall–Kier alpha value is -1.44. The van der Waals surface area contributed by atoms with Crippen molar-refractivity contribution in [2.24, 2.45) is 0 Å². The largest absolute Gasteiger partial charge is 0.451 e. The van der Waals surface area contributed by atoms with E-state index in [-0.39, 0.29) is 18.1 Å². The molecule has 0 aromatic heterocycles. The van der Waals surface area contributed by atoms with Crippen LogP contribution >= 0.6 is 0 Å². The molecule has 0 aromatic rings. The summed E-state index contributed by atoms with van der Waals surface area (Å²) in [5.41, 5.74) is -0.0121. The van der Waals surface area contributed by atoms with Crippen molar-refractivity contribution in [1.29, 1.82) is 0 Å². The van der Waals surface area contributed by atoms with Crippen LogP contribution in [-0.2, 0) is 23.8 Å². The van der Waals surface area contributed by atoms with Gasteiger partial charge >= 0.3 is 5.97 Å². The van der Waals surface area contributed by atoms with Gasteiger partial charge in [0.25, 0.3) is 5.91 Å². The molecule has 1 heterocycles. The molecule has 1 saturated heterocycles. The molecule has 27 heavy (non-hydrogen) atoms. The van der Waals surface area contributed by atoms with Gasteiger partial charge in [-0.25, -0.2) is 4.79 Å². The van der Waals surface area contributed by atoms with Crippen molar-refractivity contribution in [3.8, 4) is 0 Å². The van der Waals surface area contributed by atoms with Crippen LogP contribution in [0, 0.1) is 0 Å². The number of esters is 1. The summed E-state index contributed by atoms with van der Waals surface area (Å²) >= 11 is 0. The van der Waals surface area contributed by atoms with Crippen molar-refractivity contribution in [2.45, 2.75) is 63.7 Å². The number of amides is 1. The number of hydrogen-bond donors (Lipinski definition) is 1. The predicted octanol–water partition coefficient (Wildman–Crippen LogP) is 1.66. The lowest BCUT2D eigenvalue weighted by molar-refractivity contribution is -0.164. The van der Waals surface area contributed by atoms with E-state index in [4.69, 9.17) is 14.2 Å². The molecule has 0 bridgehead atoms. The number of rotatable bonds is 9. The molecular formula is C20H34N2O5. The second-order valence-electron chi connectivity index (χ2n) is 7.45. The minimum Gasteiger partial charge on any atom is -0.451 e. The molecule has 2 fully saturated rings. The van der Waals surface area contributed by atoms with E-state index in [2.05, 4.69) is 16.8 Å². The Kier molecular flexibility index (Phi) is 8.73. The average Bonchev–Trinajstić information content (AvgIpc) is 2.71. The first-order chi connectivity index (χ1) is 13.0. The third kappa shape index (κ3) is 6.30. The summed E-state index contributed by atoms with van der Waals surface area (Å²) in [4.78, 5) is 27.0. The summed E-state index contributed by atoms with van der Waals surface area (Å²) in [5.74, 6) is -0.808. The van der Waals surface area contributed by atoms with Gasteiger partial charge in [0.2, 0.25) is 0 Å². The number of nitrogens with one attached hydrogen (secondary N) is 1. The van der Waals surface area contributed by atoms with E-state index in [1.807, 2.05) is 0 Å². The quantitative estimate of drug-likeness (QED) is 0.483. The molecule has 154 valence electrons. The molecule has 1 aliphatic carbocycles. The molecule has 2 unspecified atom stereocenters. The minimum absolute atomic E-state index is 0.0121. The minimum atomic E-state index is -0.849. The lowest BCUT2D eigenvalue weighted by Gasteiger charge is -2.48. The molecule has 2 aliphatic rings. The van der Waals surface area contributed by atoms with Gasteiger partial charge in [0.15, 0.2) is 12.2 Å².